The maximum absolute atomic E-state index is 12.5. The van der Waals surface area contributed by atoms with Crippen molar-refractivity contribution in [3.05, 3.63) is 54.1 Å². The lowest BCUT2D eigenvalue weighted by atomic mass is 10.2. The normalized spacial score (nSPS) is 16.2. The fourth-order valence-electron chi connectivity index (χ4n) is 2.84. The molecule has 29 heavy (non-hydrogen) atoms. The summed E-state index contributed by atoms with van der Waals surface area (Å²) < 4.78 is 37.6. The van der Waals surface area contributed by atoms with Gasteiger partial charge in [-0.1, -0.05) is 12.0 Å². The van der Waals surface area contributed by atoms with Gasteiger partial charge < -0.3 is 14.8 Å². The number of sulfonamides is 1. The number of rotatable bonds is 8. The summed E-state index contributed by atoms with van der Waals surface area (Å²) in [5.74, 6) is 2.49. The Balaban J connectivity index is 1.61. The molecule has 0 aliphatic carbocycles. The molecule has 8 heteroatoms. The molecular weight excluding hydrogens is 392 g/mol. The van der Waals surface area contributed by atoms with Crippen LogP contribution in [0.1, 0.15) is 23.2 Å². The molecule has 1 amide bonds. The van der Waals surface area contributed by atoms with Crippen molar-refractivity contribution in [1.82, 2.24) is 4.72 Å². The Bertz CT molecular complexity index is 990. The SMILES string of the molecule is C#CCNS(=O)(=O)c1ccc(C(=O)Nc2cccc(OCC3CCCO3)c2)cc1. The number of hydrogen-bond acceptors (Lipinski definition) is 5. The van der Waals surface area contributed by atoms with Gasteiger partial charge in [-0.25, -0.2) is 8.42 Å². The van der Waals surface area contributed by atoms with Gasteiger partial charge in [0, 0.05) is 23.9 Å². The molecule has 3 rings (SSSR count). The molecule has 1 unspecified atom stereocenters. The van der Waals surface area contributed by atoms with Crippen LogP contribution in [-0.4, -0.2) is 40.2 Å². The van der Waals surface area contributed by atoms with Crippen molar-refractivity contribution in [3.63, 3.8) is 0 Å². The van der Waals surface area contributed by atoms with E-state index in [-0.39, 0.29) is 23.5 Å². The predicted molar refractivity (Wildman–Crippen MR) is 109 cm³/mol. The molecule has 2 N–H and O–H groups in total. The average molecular weight is 414 g/mol. The van der Waals surface area contributed by atoms with Crippen LogP contribution < -0.4 is 14.8 Å². The van der Waals surface area contributed by atoms with E-state index < -0.39 is 10.0 Å². The van der Waals surface area contributed by atoms with Crippen LogP contribution in [0, 0.1) is 12.3 Å². The summed E-state index contributed by atoms with van der Waals surface area (Å²) in [5.41, 5.74) is 0.902. The quantitative estimate of drug-likeness (QED) is 0.647. The first-order chi connectivity index (χ1) is 14.0. The second-order valence-electron chi connectivity index (χ2n) is 6.48. The second-order valence-corrected chi connectivity index (χ2v) is 8.25. The summed E-state index contributed by atoms with van der Waals surface area (Å²) in [5, 5.41) is 2.78. The molecule has 1 heterocycles. The largest absolute Gasteiger partial charge is 0.491 e. The minimum atomic E-state index is -3.69. The highest BCUT2D eigenvalue weighted by molar-refractivity contribution is 7.89. The highest BCUT2D eigenvalue weighted by Gasteiger charge is 2.16. The van der Waals surface area contributed by atoms with Crippen LogP contribution in [0.3, 0.4) is 0 Å². The van der Waals surface area contributed by atoms with E-state index in [1.165, 1.54) is 24.3 Å². The van der Waals surface area contributed by atoms with E-state index >= 15 is 0 Å². The molecule has 0 spiro atoms. The number of ether oxygens (including phenoxy) is 2. The van der Waals surface area contributed by atoms with Gasteiger partial charge in [-0.3, -0.25) is 4.79 Å². The smallest absolute Gasteiger partial charge is 0.255 e. The molecule has 0 saturated carbocycles. The van der Waals surface area contributed by atoms with Gasteiger partial charge in [0.1, 0.15) is 12.4 Å². The Hall–Kier alpha value is -2.86. The maximum Gasteiger partial charge on any atom is 0.255 e. The fourth-order valence-corrected chi connectivity index (χ4v) is 3.77. The number of nitrogens with one attached hydrogen (secondary N) is 2. The van der Waals surface area contributed by atoms with Gasteiger partial charge in [-0.15, -0.1) is 6.42 Å². The lowest BCUT2D eigenvalue weighted by Gasteiger charge is -2.12. The summed E-state index contributed by atoms with van der Waals surface area (Å²) in [7, 11) is -3.69. The van der Waals surface area contributed by atoms with Crippen molar-refractivity contribution in [2.24, 2.45) is 0 Å². The number of anilines is 1. The average Bonchev–Trinajstić information content (AvgIpc) is 3.25. The molecule has 0 radical (unpaired) electrons. The topological polar surface area (TPSA) is 93.7 Å². The molecule has 7 nitrogen and oxygen atoms in total. The number of benzene rings is 2. The third-order valence-electron chi connectivity index (χ3n) is 4.34. The Morgan fingerprint density at radius 2 is 2.03 bits per heavy atom. The zero-order valence-corrected chi connectivity index (χ0v) is 16.6. The summed E-state index contributed by atoms with van der Waals surface area (Å²) in [6.07, 6.45) is 7.21. The number of carbonyl (C=O) groups excluding carboxylic acids is 1. The molecule has 1 aliphatic rings. The minimum absolute atomic E-state index is 0.0360. The van der Waals surface area contributed by atoms with Crippen LogP contribution in [0.15, 0.2) is 53.4 Å². The number of hydrogen-bond donors (Lipinski definition) is 2. The van der Waals surface area contributed by atoms with E-state index in [0.29, 0.717) is 23.6 Å². The van der Waals surface area contributed by atoms with Gasteiger partial charge in [-0.2, -0.15) is 4.72 Å². The zero-order valence-electron chi connectivity index (χ0n) is 15.8. The zero-order chi connectivity index (χ0) is 20.7. The van der Waals surface area contributed by atoms with Gasteiger partial charge in [-0.05, 0) is 49.2 Å². The molecule has 1 atom stereocenters. The molecule has 152 valence electrons. The summed E-state index contributed by atoms with van der Waals surface area (Å²) in [6.45, 7) is 1.14. The molecule has 1 saturated heterocycles. The first-order valence-corrected chi connectivity index (χ1v) is 10.7. The lowest BCUT2D eigenvalue weighted by molar-refractivity contribution is 0.0680. The van der Waals surface area contributed by atoms with Crippen molar-refractivity contribution in [3.8, 4) is 18.1 Å². The minimum Gasteiger partial charge on any atom is -0.491 e. The first kappa shape index (κ1) is 20.9. The first-order valence-electron chi connectivity index (χ1n) is 9.17. The van der Waals surface area contributed by atoms with Crippen LogP contribution in [0.5, 0.6) is 5.75 Å². The van der Waals surface area contributed by atoms with Crippen molar-refractivity contribution < 1.29 is 22.7 Å². The molecule has 1 aliphatic heterocycles. The molecule has 2 aromatic carbocycles. The Morgan fingerprint density at radius 1 is 1.24 bits per heavy atom. The summed E-state index contributed by atoms with van der Waals surface area (Å²) in [6, 6.07) is 12.7. The monoisotopic (exact) mass is 414 g/mol. The van der Waals surface area contributed by atoms with Crippen LogP contribution in [0.4, 0.5) is 5.69 Å². The Kier molecular flexibility index (Phi) is 6.88. The van der Waals surface area contributed by atoms with Gasteiger partial charge in [0.25, 0.3) is 5.91 Å². The second kappa shape index (κ2) is 9.56. The number of amides is 1. The van der Waals surface area contributed by atoms with Crippen molar-refractivity contribution in [2.45, 2.75) is 23.8 Å². The Labute approximate surface area is 170 Å². The van der Waals surface area contributed by atoms with Crippen LogP contribution >= 0.6 is 0 Å². The van der Waals surface area contributed by atoms with E-state index in [2.05, 4.69) is 16.0 Å². The van der Waals surface area contributed by atoms with Crippen molar-refractivity contribution in [2.75, 3.05) is 25.1 Å². The van der Waals surface area contributed by atoms with E-state index in [9.17, 15) is 13.2 Å². The fraction of sp³-hybridized carbons (Fsp3) is 0.286. The molecular formula is C21H22N2O5S. The van der Waals surface area contributed by atoms with Gasteiger partial charge in [0.2, 0.25) is 10.0 Å². The van der Waals surface area contributed by atoms with E-state index in [1.807, 2.05) is 6.07 Å². The van der Waals surface area contributed by atoms with E-state index in [1.54, 1.807) is 18.2 Å². The molecule has 0 bridgehead atoms. The standard InChI is InChI=1S/C21H22N2O5S/c1-2-12-22-29(25,26)20-10-8-16(9-11-20)21(24)23-17-5-3-6-18(14-17)28-15-19-7-4-13-27-19/h1,3,5-6,8-11,14,19,22H,4,7,12-13,15H2,(H,23,24). The molecule has 2 aromatic rings. The maximum atomic E-state index is 12.5. The van der Waals surface area contributed by atoms with Gasteiger partial charge in [0.15, 0.2) is 0 Å². The number of carbonyl (C=O) groups is 1. The predicted octanol–water partition coefficient (Wildman–Crippen LogP) is 2.41. The van der Waals surface area contributed by atoms with Crippen LogP contribution in [0.25, 0.3) is 0 Å². The molecule has 0 aromatic heterocycles. The highest BCUT2D eigenvalue weighted by Crippen LogP contribution is 2.20. The third-order valence-corrected chi connectivity index (χ3v) is 5.76. The van der Waals surface area contributed by atoms with Gasteiger partial charge >= 0.3 is 0 Å². The third kappa shape index (κ3) is 5.81. The summed E-state index contributed by atoms with van der Waals surface area (Å²) >= 11 is 0. The highest BCUT2D eigenvalue weighted by atomic mass is 32.2. The van der Waals surface area contributed by atoms with Crippen LogP contribution in [-0.2, 0) is 14.8 Å². The van der Waals surface area contributed by atoms with Crippen LogP contribution in [0.2, 0.25) is 0 Å². The van der Waals surface area contributed by atoms with Crippen molar-refractivity contribution in [1.29, 1.82) is 0 Å². The number of terminal acetylenes is 1. The van der Waals surface area contributed by atoms with E-state index in [0.717, 1.165) is 19.4 Å². The van der Waals surface area contributed by atoms with Crippen molar-refractivity contribution >= 4 is 21.6 Å². The Morgan fingerprint density at radius 3 is 2.72 bits per heavy atom. The molecule has 1 fully saturated rings. The van der Waals surface area contributed by atoms with Gasteiger partial charge in [0.05, 0.1) is 17.5 Å². The lowest BCUT2D eigenvalue weighted by Crippen LogP contribution is -2.24. The van der Waals surface area contributed by atoms with E-state index in [4.69, 9.17) is 15.9 Å². The summed E-state index contributed by atoms with van der Waals surface area (Å²) in [4.78, 5) is 12.5.